The number of hydrogen-bond donors (Lipinski definition) is 2. The van der Waals surface area contributed by atoms with Gasteiger partial charge in [0.25, 0.3) is 5.91 Å². The molecular formula is C25H23FN2O3S. The van der Waals surface area contributed by atoms with E-state index in [1.807, 2.05) is 60.7 Å². The number of carbonyl (C=O) groups excluding carboxylic acids is 3. The number of carbonyl (C=O) groups is 3. The Kier molecular flexibility index (Phi) is 8.57. The molecule has 0 fully saturated rings. The second-order valence-corrected chi connectivity index (χ2v) is 7.88. The van der Waals surface area contributed by atoms with Gasteiger partial charge in [0.15, 0.2) is 0 Å². The summed E-state index contributed by atoms with van der Waals surface area (Å²) < 4.78 is 12.7. The molecule has 0 bridgehead atoms. The molecule has 0 radical (unpaired) electrons. The third-order valence-corrected chi connectivity index (χ3v) is 5.35. The van der Waals surface area contributed by atoms with Crippen LogP contribution < -0.4 is 10.6 Å². The molecule has 3 aromatic carbocycles. The van der Waals surface area contributed by atoms with Gasteiger partial charge < -0.3 is 15.4 Å². The van der Waals surface area contributed by atoms with Crippen LogP contribution in [0.15, 0.2) is 89.8 Å². The molecule has 0 aliphatic heterocycles. The van der Waals surface area contributed by atoms with Crippen LogP contribution >= 0.6 is 12.1 Å². The van der Waals surface area contributed by atoms with Gasteiger partial charge in [0, 0.05) is 16.9 Å². The standard InChI is InChI=1S/C25H23FN2O3S/c26-32-22-13-11-20(12-14-22)24(30)28-23(16-19-9-5-2-6-10-19)25(31)27-21(17-29)15-18-7-3-1-4-8-18/h1-14,17,21,23H,15-16H2,(H,27,31)(H,28,30). The lowest BCUT2D eigenvalue weighted by atomic mass is 10.0. The van der Waals surface area contributed by atoms with E-state index in [2.05, 4.69) is 10.6 Å². The van der Waals surface area contributed by atoms with Crippen LogP contribution in [0, 0.1) is 0 Å². The van der Waals surface area contributed by atoms with Crippen LogP contribution in [0.3, 0.4) is 0 Å². The van der Waals surface area contributed by atoms with Gasteiger partial charge >= 0.3 is 0 Å². The molecule has 0 saturated heterocycles. The Labute approximate surface area is 190 Å². The molecule has 3 aromatic rings. The monoisotopic (exact) mass is 450 g/mol. The minimum atomic E-state index is -0.890. The van der Waals surface area contributed by atoms with Crippen molar-refractivity contribution in [3.05, 3.63) is 102 Å². The fourth-order valence-electron chi connectivity index (χ4n) is 3.24. The van der Waals surface area contributed by atoms with Gasteiger partial charge in [-0.25, -0.2) is 0 Å². The molecule has 0 heterocycles. The van der Waals surface area contributed by atoms with Crippen molar-refractivity contribution in [1.82, 2.24) is 10.6 Å². The van der Waals surface area contributed by atoms with Crippen molar-refractivity contribution in [2.45, 2.75) is 29.8 Å². The summed E-state index contributed by atoms with van der Waals surface area (Å²) in [5.74, 6) is -0.909. The molecule has 0 aromatic heterocycles. The van der Waals surface area contributed by atoms with Crippen molar-refractivity contribution in [2.24, 2.45) is 0 Å². The first kappa shape index (κ1) is 23.2. The van der Waals surface area contributed by atoms with E-state index in [-0.39, 0.29) is 18.6 Å². The largest absolute Gasteiger partial charge is 0.344 e. The molecule has 2 N–H and O–H groups in total. The highest BCUT2D eigenvalue weighted by molar-refractivity contribution is 7.94. The average molecular weight is 451 g/mol. The number of rotatable bonds is 10. The van der Waals surface area contributed by atoms with Crippen LogP contribution in [-0.2, 0) is 22.4 Å². The number of amides is 2. The lowest BCUT2D eigenvalue weighted by Gasteiger charge is -2.21. The molecule has 164 valence electrons. The minimum Gasteiger partial charge on any atom is -0.344 e. The van der Waals surface area contributed by atoms with Gasteiger partial charge in [-0.15, -0.1) is 0 Å². The van der Waals surface area contributed by atoms with Crippen LogP contribution in [0.25, 0.3) is 0 Å². The SMILES string of the molecule is O=CC(Cc1ccccc1)NC(=O)C(Cc1ccccc1)NC(=O)c1ccc(SF)cc1. The summed E-state index contributed by atoms with van der Waals surface area (Å²) in [6.07, 6.45) is 1.30. The van der Waals surface area contributed by atoms with E-state index in [4.69, 9.17) is 0 Å². The van der Waals surface area contributed by atoms with Crippen LogP contribution in [0.4, 0.5) is 3.89 Å². The lowest BCUT2D eigenvalue weighted by molar-refractivity contribution is -0.125. The zero-order valence-corrected chi connectivity index (χ0v) is 18.1. The Balaban J connectivity index is 1.73. The van der Waals surface area contributed by atoms with E-state index in [1.54, 1.807) is 0 Å². The van der Waals surface area contributed by atoms with E-state index < -0.39 is 23.9 Å². The van der Waals surface area contributed by atoms with Gasteiger partial charge in [-0.05, 0) is 41.8 Å². The maximum Gasteiger partial charge on any atom is 0.251 e. The quantitative estimate of drug-likeness (QED) is 0.459. The van der Waals surface area contributed by atoms with E-state index in [0.29, 0.717) is 23.2 Å². The summed E-state index contributed by atoms with van der Waals surface area (Å²) in [5.41, 5.74) is 2.09. The van der Waals surface area contributed by atoms with Crippen molar-refractivity contribution >= 4 is 30.2 Å². The summed E-state index contributed by atoms with van der Waals surface area (Å²) >= 11 is 0.0908. The molecule has 3 rings (SSSR count). The highest BCUT2D eigenvalue weighted by atomic mass is 32.2. The van der Waals surface area contributed by atoms with Crippen molar-refractivity contribution in [3.63, 3.8) is 0 Å². The highest BCUT2D eigenvalue weighted by Gasteiger charge is 2.24. The van der Waals surface area contributed by atoms with E-state index in [1.165, 1.54) is 24.3 Å². The Bertz CT molecular complexity index is 1030. The normalized spacial score (nSPS) is 12.4. The van der Waals surface area contributed by atoms with Gasteiger partial charge in [0.2, 0.25) is 5.91 Å². The predicted octanol–water partition coefficient (Wildman–Crippen LogP) is 3.93. The van der Waals surface area contributed by atoms with Crippen LogP contribution in [-0.4, -0.2) is 30.2 Å². The summed E-state index contributed by atoms with van der Waals surface area (Å²) in [5, 5.41) is 5.48. The number of aldehydes is 1. The molecular weight excluding hydrogens is 427 g/mol. The van der Waals surface area contributed by atoms with Gasteiger partial charge in [0.05, 0.1) is 18.2 Å². The zero-order chi connectivity index (χ0) is 22.8. The summed E-state index contributed by atoms with van der Waals surface area (Å²) in [7, 11) is 0. The molecule has 5 nitrogen and oxygen atoms in total. The van der Waals surface area contributed by atoms with Crippen molar-refractivity contribution < 1.29 is 18.3 Å². The first-order chi connectivity index (χ1) is 15.6. The molecule has 0 spiro atoms. The smallest absolute Gasteiger partial charge is 0.251 e. The number of halogens is 1. The molecule has 32 heavy (non-hydrogen) atoms. The summed E-state index contributed by atoms with van der Waals surface area (Å²) in [6, 6.07) is 23.0. The van der Waals surface area contributed by atoms with Gasteiger partial charge in [-0.2, -0.15) is 3.89 Å². The number of hydrogen-bond acceptors (Lipinski definition) is 4. The number of benzene rings is 3. The van der Waals surface area contributed by atoms with Crippen molar-refractivity contribution in [2.75, 3.05) is 0 Å². The molecule has 0 aliphatic rings. The Morgan fingerprint density at radius 3 is 1.91 bits per heavy atom. The molecule has 7 heteroatoms. The average Bonchev–Trinajstić information content (AvgIpc) is 2.84. The fraction of sp³-hybridized carbons (Fsp3) is 0.160. The molecule has 2 atom stereocenters. The van der Waals surface area contributed by atoms with Crippen LogP contribution in [0.5, 0.6) is 0 Å². The second kappa shape index (κ2) is 11.8. The van der Waals surface area contributed by atoms with Crippen LogP contribution in [0.1, 0.15) is 21.5 Å². The highest BCUT2D eigenvalue weighted by Crippen LogP contribution is 2.19. The maximum absolute atomic E-state index is 13.0. The fourth-order valence-corrected chi connectivity index (χ4v) is 3.48. The molecule has 0 aliphatic carbocycles. The topological polar surface area (TPSA) is 75.3 Å². The number of nitrogens with one attached hydrogen (secondary N) is 2. The Hall–Kier alpha value is -3.45. The lowest BCUT2D eigenvalue weighted by Crippen LogP contribution is -2.51. The Morgan fingerprint density at radius 1 is 0.812 bits per heavy atom. The van der Waals surface area contributed by atoms with Gasteiger partial charge in [-0.3, -0.25) is 9.59 Å². The summed E-state index contributed by atoms with van der Waals surface area (Å²) in [6.45, 7) is 0. The first-order valence-electron chi connectivity index (χ1n) is 10.1. The van der Waals surface area contributed by atoms with Crippen molar-refractivity contribution in [1.29, 1.82) is 0 Å². The molecule has 2 unspecified atom stereocenters. The van der Waals surface area contributed by atoms with Gasteiger partial charge in [0.1, 0.15) is 12.3 Å². The Morgan fingerprint density at radius 2 is 1.38 bits per heavy atom. The third-order valence-electron chi connectivity index (χ3n) is 4.90. The first-order valence-corrected chi connectivity index (χ1v) is 10.8. The second-order valence-electron chi connectivity index (χ2n) is 7.26. The maximum atomic E-state index is 13.0. The van der Waals surface area contributed by atoms with Crippen LogP contribution in [0.2, 0.25) is 0 Å². The van der Waals surface area contributed by atoms with E-state index >= 15 is 0 Å². The molecule has 0 saturated carbocycles. The predicted molar refractivity (Wildman–Crippen MR) is 123 cm³/mol. The van der Waals surface area contributed by atoms with E-state index in [9.17, 15) is 18.3 Å². The minimum absolute atomic E-state index is 0.0908. The van der Waals surface area contributed by atoms with Crippen molar-refractivity contribution in [3.8, 4) is 0 Å². The summed E-state index contributed by atoms with van der Waals surface area (Å²) in [4.78, 5) is 37.8. The third kappa shape index (κ3) is 6.78. The van der Waals surface area contributed by atoms with Gasteiger partial charge in [-0.1, -0.05) is 60.7 Å². The molecule has 2 amide bonds. The zero-order valence-electron chi connectivity index (χ0n) is 17.2. The van der Waals surface area contributed by atoms with E-state index in [0.717, 1.165) is 11.1 Å².